The standard InChI is InChI=1S/C22H28N4O2/c1-17(7-12-26-11-3-8-23-26)24-9-4-10-25(14-13-24)22(27)19-5-6-21-20(16-19)15-18(2)28-21/h3,5-6,8,11,15-17H,4,7,9-10,12-14H2,1-2H3. The monoisotopic (exact) mass is 380 g/mol. The molecular weight excluding hydrogens is 352 g/mol. The maximum absolute atomic E-state index is 13.0. The molecule has 0 bridgehead atoms. The number of carbonyl (C=O) groups excluding carboxylic acids is 1. The molecule has 2 aromatic heterocycles. The predicted octanol–water partition coefficient (Wildman–Crippen LogP) is 3.56. The van der Waals surface area contributed by atoms with Crippen molar-refractivity contribution in [2.45, 2.75) is 39.3 Å². The van der Waals surface area contributed by atoms with Crippen LogP contribution < -0.4 is 0 Å². The fraction of sp³-hybridized carbons (Fsp3) is 0.455. The van der Waals surface area contributed by atoms with Crippen molar-refractivity contribution in [3.8, 4) is 0 Å². The molecule has 1 aromatic carbocycles. The molecule has 0 N–H and O–H groups in total. The van der Waals surface area contributed by atoms with Gasteiger partial charge in [0.2, 0.25) is 0 Å². The minimum Gasteiger partial charge on any atom is -0.461 e. The van der Waals surface area contributed by atoms with Crippen molar-refractivity contribution < 1.29 is 9.21 Å². The second kappa shape index (κ2) is 8.19. The Morgan fingerprint density at radius 1 is 1.21 bits per heavy atom. The van der Waals surface area contributed by atoms with Crippen LogP contribution in [0.3, 0.4) is 0 Å². The average molecular weight is 380 g/mol. The lowest BCUT2D eigenvalue weighted by molar-refractivity contribution is 0.0758. The summed E-state index contributed by atoms with van der Waals surface area (Å²) in [6.45, 7) is 8.66. The molecule has 0 spiro atoms. The van der Waals surface area contributed by atoms with Crippen LogP contribution in [0, 0.1) is 6.92 Å². The summed E-state index contributed by atoms with van der Waals surface area (Å²) in [4.78, 5) is 17.5. The van der Waals surface area contributed by atoms with Gasteiger partial charge >= 0.3 is 0 Å². The average Bonchev–Trinajstić information content (AvgIpc) is 3.27. The van der Waals surface area contributed by atoms with Gasteiger partial charge in [0.15, 0.2) is 0 Å². The number of nitrogens with zero attached hydrogens (tertiary/aromatic N) is 4. The number of carbonyl (C=O) groups is 1. The van der Waals surface area contributed by atoms with Crippen molar-refractivity contribution in [2.75, 3.05) is 26.2 Å². The molecule has 28 heavy (non-hydrogen) atoms. The molecule has 0 aliphatic carbocycles. The molecule has 6 heteroatoms. The molecule has 1 aliphatic heterocycles. The number of amides is 1. The first-order valence-corrected chi connectivity index (χ1v) is 10.1. The van der Waals surface area contributed by atoms with Crippen molar-refractivity contribution in [1.29, 1.82) is 0 Å². The Morgan fingerprint density at radius 2 is 2.11 bits per heavy atom. The van der Waals surface area contributed by atoms with Crippen LogP contribution in [0.2, 0.25) is 0 Å². The first kappa shape index (κ1) is 18.7. The Hall–Kier alpha value is -2.60. The fourth-order valence-corrected chi connectivity index (χ4v) is 4.01. The van der Waals surface area contributed by atoms with E-state index in [1.165, 1.54) is 0 Å². The van der Waals surface area contributed by atoms with E-state index in [1.807, 2.05) is 59.2 Å². The van der Waals surface area contributed by atoms with Crippen LogP contribution in [-0.4, -0.2) is 57.7 Å². The summed E-state index contributed by atoms with van der Waals surface area (Å²) >= 11 is 0. The molecular formula is C22H28N4O2. The SMILES string of the molecule is Cc1cc2cc(C(=O)N3CCCN(C(C)CCn4cccn4)CC3)ccc2o1. The molecule has 3 heterocycles. The van der Waals surface area contributed by atoms with Crippen molar-refractivity contribution in [3.63, 3.8) is 0 Å². The molecule has 1 fully saturated rings. The highest BCUT2D eigenvalue weighted by atomic mass is 16.3. The van der Waals surface area contributed by atoms with Gasteiger partial charge in [-0.2, -0.15) is 5.10 Å². The van der Waals surface area contributed by atoms with Crippen LogP contribution in [-0.2, 0) is 6.54 Å². The van der Waals surface area contributed by atoms with Crippen LogP contribution in [0.4, 0.5) is 0 Å². The molecule has 3 aromatic rings. The Balaban J connectivity index is 1.36. The van der Waals surface area contributed by atoms with Crippen LogP contribution in [0.5, 0.6) is 0 Å². The van der Waals surface area contributed by atoms with E-state index in [1.54, 1.807) is 0 Å². The van der Waals surface area contributed by atoms with Gasteiger partial charge in [0.1, 0.15) is 11.3 Å². The van der Waals surface area contributed by atoms with E-state index >= 15 is 0 Å². The van der Waals surface area contributed by atoms with Crippen molar-refractivity contribution in [2.24, 2.45) is 0 Å². The third-order valence-corrected chi connectivity index (χ3v) is 5.66. The lowest BCUT2D eigenvalue weighted by Crippen LogP contribution is -2.38. The largest absolute Gasteiger partial charge is 0.461 e. The zero-order valence-electron chi connectivity index (χ0n) is 16.7. The van der Waals surface area contributed by atoms with Crippen LogP contribution in [0.15, 0.2) is 47.1 Å². The molecule has 0 saturated carbocycles. The van der Waals surface area contributed by atoms with Gasteiger partial charge < -0.3 is 9.32 Å². The number of hydrogen-bond acceptors (Lipinski definition) is 4. The van der Waals surface area contributed by atoms with Crippen LogP contribution >= 0.6 is 0 Å². The topological polar surface area (TPSA) is 54.5 Å². The van der Waals surface area contributed by atoms with Gasteiger partial charge in [0.25, 0.3) is 5.91 Å². The highest BCUT2D eigenvalue weighted by Gasteiger charge is 2.23. The summed E-state index contributed by atoms with van der Waals surface area (Å²) in [5.74, 6) is 0.987. The summed E-state index contributed by atoms with van der Waals surface area (Å²) in [5, 5.41) is 5.27. The van der Waals surface area contributed by atoms with E-state index in [9.17, 15) is 4.79 Å². The Bertz CT molecular complexity index is 931. The molecule has 4 rings (SSSR count). The maximum atomic E-state index is 13.0. The summed E-state index contributed by atoms with van der Waals surface area (Å²) in [7, 11) is 0. The summed E-state index contributed by atoms with van der Waals surface area (Å²) < 4.78 is 7.60. The maximum Gasteiger partial charge on any atom is 0.253 e. The lowest BCUT2D eigenvalue weighted by Gasteiger charge is -2.28. The molecule has 1 saturated heterocycles. The molecule has 1 atom stereocenters. The fourth-order valence-electron chi connectivity index (χ4n) is 4.01. The lowest BCUT2D eigenvalue weighted by atomic mass is 10.1. The highest BCUT2D eigenvalue weighted by Crippen LogP contribution is 2.21. The normalized spacial score (nSPS) is 17.0. The number of benzene rings is 1. The van der Waals surface area contributed by atoms with Gasteiger partial charge in [0.05, 0.1) is 0 Å². The molecule has 6 nitrogen and oxygen atoms in total. The van der Waals surface area contributed by atoms with Gasteiger partial charge in [-0.1, -0.05) is 0 Å². The smallest absolute Gasteiger partial charge is 0.253 e. The minimum atomic E-state index is 0.117. The zero-order valence-corrected chi connectivity index (χ0v) is 16.7. The van der Waals surface area contributed by atoms with Crippen molar-refractivity contribution in [3.05, 3.63) is 54.0 Å². The predicted molar refractivity (Wildman–Crippen MR) is 109 cm³/mol. The first-order chi connectivity index (χ1) is 13.6. The number of fused-ring (bicyclic) bond motifs is 1. The van der Waals surface area contributed by atoms with Gasteiger partial charge in [-0.15, -0.1) is 0 Å². The van der Waals surface area contributed by atoms with E-state index < -0.39 is 0 Å². The van der Waals surface area contributed by atoms with Gasteiger partial charge in [-0.05, 0) is 57.0 Å². The summed E-state index contributed by atoms with van der Waals surface area (Å²) in [6.07, 6.45) is 5.90. The Labute approximate surface area is 165 Å². The number of aryl methyl sites for hydroxylation is 2. The summed E-state index contributed by atoms with van der Waals surface area (Å²) in [6, 6.07) is 10.1. The zero-order chi connectivity index (χ0) is 19.5. The third-order valence-electron chi connectivity index (χ3n) is 5.66. The van der Waals surface area contributed by atoms with Crippen LogP contribution in [0.1, 0.15) is 35.9 Å². The van der Waals surface area contributed by atoms with E-state index in [0.717, 1.165) is 67.9 Å². The van der Waals surface area contributed by atoms with Gasteiger partial charge in [-0.3, -0.25) is 14.4 Å². The second-order valence-corrected chi connectivity index (χ2v) is 7.70. The van der Waals surface area contributed by atoms with E-state index in [-0.39, 0.29) is 5.91 Å². The Kier molecular flexibility index (Phi) is 5.48. The van der Waals surface area contributed by atoms with E-state index in [2.05, 4.69) is 16.9 Å². The van der Waals surface area contributed by atoms with E-state index in [4.69, 9.17) is 4.42 Å². The number of furan rings is 1. The minimum absolute atomic E-state index is 0.117. The molecule has 1 aliphatic rings. The summed E-state index contributed by atoms with van der Waals surface area (Å²) in [5.41, 5.74) is 1.58. The number of rotatable bonds is 5. The van der Waals surface area contributed by atoms with Gasteiger partial charge in [-0.25, -0.2) is 0 Å². The molecule has 0 radical (unpaired) electrons. The van der Waals surface area contributed by atoms with Gasteiger partial charge in [0, 0.05) is 62.1 Å². The van der Waals surface area contributed by atoms with Crippen molar-refractivity contribution in [1.82, 2.24) is 19.6 Å². The van der Waals surface area contributed by atoms with Crippen LogP contribution in [0.25, 0.3) is 11.0 Å². The Morgan fingerprint density at radius 3 is 2.93 bits per heavy atom. The highest BCUT2D eigenvalue weighted by molar-refractivity contribution is 5.97. The quantitative estimate of drug-likeness (QED) is 0.679. The number of hydrogen-bond donors (Lipinski definition) is 0. The molecule has 148 valence electrons. The molecule has 1 amide bonds. The van der Waals surface area contributed by atoms with E-state index in [0.29, 0.717) is 6.04 Å². The second-order valence-electron chi connectivity index (χ2n) is 7.70. The van der Waals surface area contributed by atoms with Crippen molar-refractivity contribution >= 4 is 16.9 Å². The molecule has 1 unspecified atom stereocenters. The first-order valence-electron chi connectivity index (χ1n) is 10.1. The third kappa shape index (κ3) is 4.12. The number of aromatic nitrogens is 2.